The highest BCUT2D eigenvalue weighted by Crippen LogP contribution is 2.33. The van der Waals surface area contributed by atoms with Gasteiger partial charge in [-0.05, 0) is 38.0 Å². The van der Waals surface area contributed by atoms with Gasteiger partial charge in [-0.15, -0.1) is 0 Å². The van der Waals surface area contributed by atoms with Crippen molar-refractivity contribution in [3.63, 3.8) is 0 Å². The Morgan fingerprint density at radius 3 is 3.08 bits per heavy atom. The third-order valence-electron chi connectivity index (χ3n) is 4.40. The molecule has 1 unspecified atom stereocenters. The number of rotatable bonds is 7. The summed E-state index contributed by atoms with van der Waals surface area (Å²) in [7, 11) is 1.65. The quantitative estimate of drug-likeness (QED) is 0.797. The molecule has 2 heterocycles. The molecule has 7 nitrogen and oxygen atoms in total. The van der Waals surface area contributed by atoms with E-state index in [1.54, 1.807) is 14.0 Å². The predicted molar refractivity (Wildman–Crippen MR) is 98.7 cm³/mol. The summed E-state index contributed by atoms with van der Waals surface area (Å²) >= 11 is 6.11. The van der Waals surface area contributed by atoms with E-state index in [9.17, 15) is 4.79 Å². The van der Waals surface area contributed by atoms with Crippen LogP contribution in [0.15, 0.2) is 22.7 Å². The van der Waals surface area contributed by atoms with Gasteiger partial charge in [-0.3, -0.25) is 4.79 Å². The van der Waals surface area contributed by atoms with Gasteiger partial charge in [-0.25, -0.2) is 0 Å². The van der Waals surface area contributed by atoms with Gasteiger partial charge < -0.3 is 19.5 Å². The zero-order valence-electron chi connectivity index (χ0n) is 15.0. The lowest BCUT2D eigenvalue weighted by atomic mass is 10.2. The molecule has 26 heavy (non-hydrogen) atoms. The molecule has 8 heteroatoms. The predicted octanol–water partition coefficient (Wildman–Crippen LogP) is 2.76. The fraction of sp³-hybridized carbons (Fsp3) is 0.500. The maximum atomic E-state index is 12.2. The van der Waals surface area contributed by atoms with Crippen LogP contribution in [-0.2, 0) is 11.2 Å². The molecule has 140 valence electrons. The second kappa shape index (κ2) is 8.40. The molecule has 1 aromatic carbocycles. The van der Waals surface area contributed by atoms with Crippen LogP contribution < -0.4 is 15.0 Å². The first-order valence-electron chi connectivity index (χ1n) is 8.72. The molecule has 1 atom stereocenters. The minimum atomic E-state index is 0.0474. The molecule has 0 spiro atoms. The standard InChI is InChI=1S/C18H23ClN4O3/c1-12-20-18(26-22-12)5-3-4-17(24)21-14-8-9-23(11-14)15-10-13(19)6-7-16(15)25-2/h6-7,10,14H,3-5,8-9,11H2,1-2H3,(H,21,24). The number of anilines is 1. The third kappa shape index (κ3) is 4.66. The van der Waals surface area contributed by atoms with Crippen LogP contribution in [0.1, 0.15) is 31.0 Å². The van der Waals surface area contributed by atoms with Crippen molar-refractivity contribution < 1.29 is 14.1 Å². The summed E-state index contributed by atoms with van der Waals surface area (Å²) < 4.78 is 10.5. The second-order valence-electron chi connectivity index (χ2n) is 6.40. The lowest BCUT2D eigenvalue weighted by Crippen LogP contribution is -2.37. The molecule has 1 aromatic heterocycles. The highest BCUT2D eigenvalue weighted by molar-refractivity contribution is 6.30. The number of carbonyl (C=O) groups excluding carboxylic acids is 1. The van der Waals surface area contributed by atoms with Gasteiger partial charge >= 0.3 is 0 Å². The Balaban J connectivity index is 1.46. The zero-order valence-corrected chi connectivity index (χ0v) is 15.8. The molecule has 1 amide bonds. The molecule has 0 saturated carbocycles. The van der Waals surface area contributed by atoms with E-state index in [1.807, 2.05) is 18.2 Å². The highest BCUT2D eigenvalue weighted by Gasteiger charge is 2.26. The van der Waals surface area contributed by atoms with E-state index >= 15 is 0 Å². The minimum Gasteiger partial charge on any atom is -0.495 e. The summed E-state index contributed by atoms with van der Waals surface area (Å²) in [5, 5.41) is 7.52. The number of nitrogens with zero attached hydrogens (tertiary/aromatic N) is 3. The summed E-state index contributed by atoms with van der Waals surface area (Å²) in [5.74, 6) is 2.03. The van der Waals surface area contributed by atoms with Crippen LogP contribution in [0.25, 0.3) is 0 Å². The monoisotopic (exact) mass is 378 g/mol. The summed E-state index contributed by atoms with van der Waals surface area (Å²) in [5.41, 5.74) is 0.962. The molecule has 2 aromatic rings. The average molecular weight is 379 g/mol. The lowest BCUT2D eigenvalue weighted by molar-refractivity contribution is -0.121. The van der Waals surface area contributed by atoms with E-state index in [0.29, 0.717) is 36.0 Å². The Labute approximate surface area is 157 Å². The van der Waals surface area contributed by atoms with Crippen molar-refractivity contribution in [1.82, 2.24) is 15.5 Å². The van der Waals surface area contributed by atoms with Crippen LogP contribution in [0.3, 0.4) is 0 Å². The molecular formula is C18H23ClN4O3. The van der Waals surface area contributed by atoms with Gasteiger partial charge in [-0.2, -0.15) is 4.98 Å². The maximum absolute atomic E-state index is 12.2. The van der Waals surface area contributed by atoms with Crippen molar-refractivity contribution >= 4 is 23.2 Å². The summed E-state index contributed by atoms with van der Waals surface area (Å²) in [6.45, 7) is 3.37. The van der Waals surface area contributed by atoms with Crippen LogP contribution in [0.5, 0.6) is 5.75 Å². The van der Waals surface area contributed by atoms with Crippen LogP contribution in [0.2, 0.25) is 5.02 Å². The van der Waals surface area contributed by atoms with E-state index < -0.39 is 0 Å². The molecule has 1 aliphatic heterocycles. The van der Waals surface area contributed by atoms with Crippen molar-refractivity contribution in [2.24, 2.45) is 0 Å². The first-order valence-corrected chi connectivity index (χ1v) is 9.10. The Morgan fingerprint density at radius 2 is 2.35 bits per heavy atom. The second-order valence-corrected chi connectivity index (χ2v) is 6.84. The number of ether oxygens (including phenoxy) is 1. The molecular weight excluding hydrogens is 356 g/mol. The number of methoxy groups -OCH3 is 1. The number of nitrogens with one attached hydrogen (secondary N) is 1. The van der Waals surface area contributed by atoms with E-state index in [0.717, 1.165) is 30.9 Å². The van der Waals surface area contributed by atoms with Gasteiger partial charge in [0.25, 0.3) is 0 Å². The largest absolute Gasteiger partial charge is 0.495 e. The van der Waals surface area contributed by atoms with E-state index in [4.69, 9.17) is 20.9 Å². The molecule has 1 fully saturated rings. The average Bonchev–Trinajstić information content (AvgIpc) is 3.24. The smallest absolute Gasteiger partial charge is 0.226 e. The number of hydrogen-bond acceptors (Lipinski definition) is 6. The van der Waals surface area contributed by atoms with E-state index in [-0.39, 0.29) is 11.9 Å². The fourth-order valence-electron chi connectivity index (χ4n) is 3.15. The van der Waals surface area contributed by atoms with Crippen LogP contribution in [-0.4, -0.2) is 42.3 Å². The zero-order chi connectivity index (χ0) is 18.5. The van der Waals surface area contributed by atoms with Crippen molar-refractivity contribution in [3.05, 3.63) is 34.9 Å². The number of hydrogen-bond donors (Lipinski definition) is 1. The Hall–Kier alpha value is -2.28. The van der Waals surface area contributed by atoms with Gasteiger partial charge in [0, 0.05) is 37.0 Å². The lowest BCUT2D eigenvalue weighted by Gasteiger charge is -2.21. The molecule has 0 aliphatic carbocycles. The van der Waals surface area contributed by atoms with Crippen molar-refractivity contribution in [2.75, 3.05) is 25.1 Å². The van der Waals surface area contributed by atoms with Crippen LogP contribution in [0, 0.1) is 6.92 Å². The van der Waals surface area contributed by atoms with Gasteiger partial charge in [-0.1, -0.05) is 16.8 Å². The topological polar surface area (TPSA) is 80.5 Å². The van der Waals surface area contributed by atoms with Crippen LogP contribution >= 0.6 is 11.6 Å². The molecule has 1 saturated heterocycles. The normalized spacial score (nSPS) is 16.7. The van der Waals surface area contributed by atoms with Crippen LogP contribution in [0.4, 0.5) is 5.69 Å². The number of aryl methyl sites for hydroxylation is 2. The van der Waals surface area contributed by atoms with E-state index in [2.05, 4.69) is 20.4 Å². The van der Waals surface area contributed by atoms with E-state index in [1.165, 1.54) is 0 Å². The Bertz CT molecular complexity index is 765. The number of halogens is 1. The van der Waals surface area contributed by atoms with Gasteiger partial charge in [0.05, 0.1) is 12.8 Å². The van der Waals surface area contributed by atoms with Gasteiger partial charge in [0.15, 0.2) is 5.82 Å². The molecule has 3 rings (SSSR count). The SMILES string of the molecule is COc1ccc(Cl)cc1N1CCC(NC(=O)CCCc2nc(C)no2)C1. The molecule has 1 aliphatic rings. The number of amides is 1. The fourth-order valence-corrected chi connectivity index (χ4v) is 3.32. The number of carbonyl (C=O) groups is 1. The summed E-state index contributed by atoms with van der Waals surface area (Å²) in [6.07, 6.45) is 2.64. The molecule has 1 N–H and O–H groups in total. The van der Waals surface area contributed by atoms with Crippen molar-refractivity contribution in [2.45, 2.75) is 38.6 Å². The third-order valence-corrected chi connectivity index (χ3v) is 4.63. The molecule has 0 radical (unpaired) electrons. The summed E-state index contributed by atoms with van der Waals surface area (Å²) in [4.78, 5) is 18.5. The van der Waals surface area contributed by atoms with Gasteiger partial charge in [0.2, 0.25) is 11.8 Å². The minimum absolute atomic E-state index is 0.0474. The maximum Gasteiger partial charge on any atom is 0.226 e. The Morgan fingerprint density at radius 1 is 1.50 bits per heavy atom. The first kappa shape index (κ1) is 18.5. The van der Waals surface area contributed by atoms with Gasteiger partial charge in [0.1, 0.15) is 5.75 Å². The first-order chi connectivity index (χ1) is 12.5. The van der Waals surface area contributed by atoms with Crippen molar-refractivity contribution in [1.29, 1.82) is 0 Å². The summed E-state index contributed by atoms with van der Waals surface area (Å²) in [6, 6.07) is 5.70. The number of aromatic nitrogens is 2. The number of benzene rings is 1. The van der Waals surface area contributed by atoms with Crippen molar-refractivity contribution in [3.8, 4) is 5.75 Å². The highest BCUT2D eigenvalue weighted by atomic mass is 35.5. The molecule has 0 bridgehead atoms. The Kier molecular flexibility index (Phi) is 5.98.